The number of fused-ring (bicyclic) bond motifs is 1. The number of amides is 1. The summed E-state index contributed by atoms with van der Waals surface area (Å²) in [5.74, 6) is 0.0479. The van der Waals surface area contributed by atoms with Crippen LogP contribution in [0.25, 0.3) is 0 Å². The van der Waals surface area contributed by atoms with Gasteiger partial charge in [0.15, 0.2) is 0 Å². The topological polar surface area (TPSA) is 73.3 Å². The van der Waals surface area contributed by atoms with Gasteiger partial charge in [-0.05, 0) is 37.6 Å². The Morgan fingerprint density at radius 1 is 1.09 bits per heavy atom. The molecule has 2 aliphatic heterocycles. The summed E-state index contributed by atoms with van der Waals surface area (Å²) in [7, 11) is -0.230. The van der Waals surface area contributed by atoms with Crippen LogP contribution in [0, 0.1) is 5.41 Å². The summed E-state index contributed by atoms with van der Waals surface area (Å²) in [4.78, 5) is 15.4. The van der Waals surface area contributed by atoms with Crippen LogP contribution in [0.15, 0.2) is 70.7 Å². The quantitative estimate of drug-likeness (QED) is 0.579. The summed E-state index contributed by atoms with van der Waals surface area (Å²) >= 11 is 0. The van der Waals surface area contributed by atoms with E-state index >= 15 is 0 Å². The fourth-order valence-corrected chi connectivity index (χ4v) is 6.51. The van der Waals surface area contributed by atoms with Gasteiger partial charge in [-0.15, -0.1) is 0 Å². The minimum atomic E-state index is -3.60. The molecule has 0 spiro atoms. The van der Waals surface area contributed by atoms with Gasteiger partial charge in [0.05, 0.1) is 10.6 Å². The zero-order valence-electron chi connectivity index (χ0n) is 20.4. The standard InChI is InChI=1S/C26H34N4O3S/c1-25(21-11-7-5-8-12-21,19-28(3)34(32,33)22-13-9-6-10-14-22)16-18-30-17-15-23-26(2,20-30)24(31)29(4)27-23/h5-14H,15-20H2,1-4H3. The first-order valence-corrected chi connectivity index (χ1v) is 13.2. The van der Waals surface area contributed by atoms with Crippen LogP contribution in [0.2, 0.25) is 0 Å². The lowest BCUT2D eigenvalue weighted by molar-refractivity contribution is -0.135. The molecular formula is C26H34N4O3S. The Balaban J connectivity index is 1.53. The summed E-state index contributed by atoms with van der Waals surface area (Å²) in [6.45, 7) is 6.72. The zero-order chi connectivity index (χ0) is 24.6. The highest BCUT2D eigenvalue weighted by Gasteiger charge is 2.49. The Hall–Kier alpha value is -2.55. The van der Waals surface area contributed by atoms with Crippen LogP contribution in [-0.2, 0) is 20.2 Å². The molecule has 0 bridgehead atoms. The zero-order valence-corrected chi connectivity index (χ0v) is 21.3. The molecule has 2 heterocycles. The van der Waals surface area contributed by atoms with Crippen molar-refractivity contribution in [3.8, 4) is 0 Å². The molecule has 2 aromatic carbocycles. The minimum Gasteiger partial charge on any atom is -0.301 e. The molecular weight excluding hydrogens is 448 g/mol. The van der Waals surface area contributed by atoms with Crippen molar-refractivity contribution in [1.29, 1.82) is 0 Å². The number of likely N-dealkylation sites (tertiary alicyclic amines) is 1. The summed E-state index contributed by atoms with van der Waals surface area (Å²) in [5.41, 5.74) is 1.11. The van der Waals surface area contributed by atoms with Gasteiger partial charge in [-0.25, -0.2) is 17.7 Å². The average Bonchev–Trinajstić information content (AvgIpc) is 3.07. The highest BCUT2D eigenvalue weighted by molar-refractivity contribution is 7.89. The third kappa shape index (κ3) is 4.54. The fraction of sp³-hybridized carbons (Fsp3) is 0.462. The van der Waals surface area contributed by atoms with Crippen LogP contribution in [0.4, 0.5) is 0 Å². The summed E-state index contributed by atoms with van der Waals surface area (Å²) < 4.78 is 27.9. The van der Waals surface area contributed by atoms with Crippen LogP contribution in [0.5, 0.6) is 0 Å². The predicted molar refractivity (Wildman–Crippen MR) is 134 cm³/mol. The van der Waals surface area contributed by atoms with E-state index in [4.69, 9.17) is 0 Å². The van der Waals surface area contributed by atoms with Gasteiger partial charge in [0.2, 0.25) is 10.0 Å². The molecule has 0 saturated carbocycles. The van der Waals surface area contributed by atoms with Crippen LogP contribution in [0.1, 0.15) is 32.3 Å². The van der Waals surface area contributed by atoms with E-state index in [2.05, 4.69) is 29.1 Å². The maximum atomic E-state index is 13.2. The van der Waals surface area contributed by atoms with Crippen molar-refractivity contribution < 1.29 is 13.2 Å². The molecule has 8 heteroatoms. The van der Waals surface area contributed by atoms with Crippen molar-refractivity contribution in [1.82, 2.24) is 14.2 Å². The second kappa shape index (κ2) is 9.24. The maximum absolute atomic E-state index is 13.2. The van der Waals surface area contributed by atoms with E-state index in [1.54, 1.807) is 38.4 Å². The number of hydrazone groups is 1. The van der Waals surface area contributed by atoms with E-state index in [-0.39, 0.29) is 5.91 Å². The molecule has 0 aromatic heterocycles. The van der Waals surface area contributed by atoms with E-state index in [1.165, 1.54) is 9.31 Å². The molecule has 182 valence electrons. The SMILES string of the molecule is CN1N=C2CCN(CCC(C)(CN(C)S(=O)(=O)c3ccccc3)c3ccccc3)CC2(C)C1=O. The number of hydrogen-bond donors (Lipinski definition) is 0. The van der Waals surface area contributed by atoms with E-state index in [9.17, 15) is 13.2 Å². The molecule has 2 aromatic rings. The normalized spacial score (nSPS) is 23.0. The van der Waals surface area contributed by atoms with Gasteiger partial charge in [-0.2, -0.15) is 5.10 Å². The Morgan fingerprint density at radius 3 is 2.35 bits per heavy atom. The third-order valence-electron chi connectivity index (χ3n) is 7.35. The molecule has 4 rings (SSSR count). The molecule has 0 radical (unpaired) electrons. The second-order valence-corrected chi connectivity index (χ2v) is 12.0. The molecule has 2 unspecified atom stereocenters. The van der Waals surface area contributed by atoms with Gasteiger partial charge in [0, 0.05) is 45.6 Å². The van der Waals surface area contributed by atoms with E-state index in [0.717, 1.165) is 37.2 Å². The molecule has 2 atom stereocenters. The van der Waals surface area contributed by atoms with Crippen molar-refractivity contribution in [2.24, 2.45) is 10.5 Å². The first kappa shape index (κ1) is 24.6. The summed E-state index contributed by atoms with van der Waals surface area (Å²) in [5, 5.41) is 5.92. The van der Waals surface area contributed by atoms with Crippen molar-refractivity contribution in [2.45, 2.75) is 37.0 Å². The second-order valence-electron chi connectivity index (χ2n) is 9.98. The molecule has 1 saturated heterocycles. The molecule has 1 fully saturated rings. The van der Waals surface area contributed by atoms with E-state index in [1.807, 2.05) is 31.2 Å². The maximum Gasteiger partial charge on any atom is 0.255 e. The molecule has 2 aliphatic rings. The number of likely N-dealkylation sites (N-methyl/N-ethyl adjacent to an activating group) is 1. The van der Waals surface area contributed by atoms with Crippen LogP contribution in [0.3, 0.4) is 0 Å². The largest absolute Gasteiger partial charge is 0.301 e. The minimum absolute atomic E-state index is 0.0479. The summed E-state index contributed by atoms with van der Waals surface area (Å²) in [6.07, 6.45) is 1.54. The van der Waals surface area contributed by atoms with Gasteiger partial charge in [0.1, 0.15) is 5.41 Å². The molecule has 7 nitrogen and oxygen atoms in total. The van der Waals surface area contributed by atoms with Gasteiger partial charge in [0.25, 0.3) is 5.91 Å². The molecule has 34 heavy (non-hydrogen) atoms. The highest BCUT2D eigenvalue weighted by atomic mass is 32.2. The fourth-order valence-electron chi connectivity index (χ4n) is 5.19. The lowest BCUT2D eigenvalue weighted by atomic mass is 9.77. The molecule has 0 N–H and O–H groups in total. The van der Waals surface area contributed by atoms with Gasteiger partial charge in [-0.1, -0.05) is 55.5 Å². The van der Waals surface area contributed by atoms with Gasteiger partial charge in [-0.3, -0.25) is 4.79 Å². The Bertz CT molecular complexity index is 1170. The number of carbonyl (C=O) groups excluding carboxylic acids is 1. The number of carbonyl (C=O) groups is 1. The summed E-state index contributed by atoms with van der Waals surface area (Å²) in [6, 6.07) is 18.7. The lowest BCUT2D eigenvalue weighted by Gasteiger charge is -2.40. The lowest BCUT2D eigenvalue weighted by Crippen LogP contribution is -2.52. The first-order chi connectivity index (χ1) is 16.1. The van der Waals surface area contributed by atoms with Crippen molar-refractivity contribution in [3.05, 3.63) is 66.2 Å². The number of sulfonamides is 1. The van der Waals surface area contributed by atoms with Crippen molar-refractivity contribution in [3.63, 3.8) is 0 Å². The van der Waals surface area contributed by atoms with E-state index < -0.39 is 20.9 Å². The smallest absolute Gasteiger partial charge is 0.255 e. The number of rotatable bonds is 8. The number of nitrogens with zero attached hydrogens (tertiary/aromatic N) is 4. The van der Waals surface area contributed by atoms with Crippen LogP contribution >= 0.6 is 0 Å². The highest BCUT2D eigenvalue weighted by Crippen LogP contribution is 2.36. The van der Waals surface area contributed by atoms with Crippen LogP contribution in [-0.4, -0.2) is 74.5 Å². The third-order valence-corrected chi connectivity index (χ3v) is 9.17. The number of benzene rings is 2. The average molecular weight is 483 g/mol. The van der Waals surface area contributed by atoms with E-state index in [0.29, 0.717) is 18.0 Å². The van der Waals surface area contributed by atoms with Crippen LogP contribution < -0.4 is 0 Å². The van der Waals surface area contributed by atoms with Crippen molar-refractivity contribution in [2.75, 3.05) is 40.3 Å². The Kier molecular flexibility index (Phi) is 6.68. The van der Waals surface area contributed by atoms with Gasteiger partial charge < -0.3 is 4.90 Å². The number of piperidine rings is 1. The number of hydrogen-bond acceptors (Lipinski definition) is 5. The monoisotopic (exact) mass is 482 g/mol. The van der Waals surface area contributed by atoms with Gasteiger partial charge >= 0.3 is 0 Å². The molecule has 0 aliphatic carbocycles. The first-order valence-electron chi connectivity index (χ1n) is 11.7. The Labute approximate surface area is 203 Å². The Morgan fingerprint density at radius 2 is 1.71 bits per heavy atom. The predicted octanol–water partition coefficient (Wildman–Crippen LogP) is 3.20. The van der Waals surface area contributed by atoms with Crippen molar-refractivity contribution >= 4 is 21.6 Å². The molecule has 1 amide bonds.